The summed E-state index contributed by atoms with van der Waals surface area (Å²) in [5.41, 5.74) is 0.248. The Kier molecular flexibility index (Phi) is 4.24. The van der Waals surface area contributed by atoms with E-state index in [1.165, 1.54) is 6.07 Å². The number of rotatable bonds is 3. The number of piperazine rings is 1. The van der Waals surface area contributed by atoms with E-state index in [-0.39, 0.29) is 11.6 Å². The van der Waals surface area contributed by atoms with Crippen LogP contribution in [0.15, 0.2) is 12.1 Å². The van der Waals surface area contributed by atoms with Crippen molar-refractivity contribution in [2.75, 3.05) is 26.2 Å². The van der Waals surface area contributed by atoms with E-state index in [1.54, 1.807) is 0 Å². The molecule has 0 bridgehead atoms. The van der Waals surface area contributed by atoms with E-state index in [0.717, 1.165) is 32.2 Å². The van der Waals surface area contributed by atoms with Crippen LogP contribution in [-0.4, -0.2) is 31.1 Å². The molecule has 0 aromatic heterocycles. The van der Waals surface area contributed by atoms with Crippen molar-refractivity contribution < 1.29 is 13.2 Å². The van der Waals surface area contributed by atoms with Crippen molar-refractivity contribution in [1.29, 1.82) is 0 Å². The van der Waals surface area contributed by atoms with Gasteiger partial charge in [0.25, 0.3) is 0 Å². The fourth-order valence-electron chi connectivity index (χ4n) is 2.47. The van der Waals surface area contributed by atoms with E-state index in [4.69, 9.17) is 0 Å². The maximum absolute atomic E-state index is 13.8. The fraction of sp³-hybridized carbons (Fsp3) is 0.538. The molecule has 1 heterocycles. The Bertz CT molecular complexity index is 417. The minimum absolute atomic E-state index is 0.192. The van der Waals surface area contributed by atoms with Gasteiger partial charge in [-0.15, -0.1) is 0 Å². The Labute approximate surface area is 105 Å². The Balaban J connectivity index is 2.29. The van der Waals surface area contributed by atoms with Gasteiger partial charge in [0, 0.05) is 37.8 Å². The van der Waals surface area contributed by atoms with Gasteiger partial charge in [-0.1, -0.05) is 13.0 Å². The third-order valence-electron chi connectivity index (χ3n) is 3.40. The van der Waals surface area contributed by atoms with Gasteiger partial charge < -0.3 is 5.32 Å². The summed E-state index contributed by atoms with van der Waals surface area (Å²) < 4.78 is 40.0. The highest BCUT2D eigenvalue weighted by atomic mass is 19.2. The summed E-state index contributed by atoms with van der Waals surface area (Å²) >= 11 is 0. The van der Waals surface area contributed by atoms with E-state index in [2.05, 4.69) is 10.2 Å². The van der Waals surface area contributed by atoms with Crippen LogP contribution in [0.3, 0.4) is 0 Å². The number of hydrogen-bond donors (Lipinski definition) is 1. The predicted octanol–water partition coefficient (Wildman–Crippen LogP) is 2.46. The number of benzene rings is 1. The highest BCUT2D eigenvalue weighted by Gasteiger charge is 2.25. The minimum Gasteiger partial charge on any atom is -0.314 e. The zero-order valence-corrected chi connectivity index (χ0v) is 10.3. The van der Waals surface area contributed by atoms with Crippen LogP contribution >= 0.6 is 0 Å². The molecule has 1 aromatic rings. The van der Waals surface area contributed by atoms with Crippen LogP contribution in [0, 0.1) is 17.5 Å². The van der Waals surface area contributed by atoms with E-state index in [9.17, 15) is 13.2 Å². The van der Waals surface area contributed by atoms with Crippen LogP contribution in [0.4, 0.5) is 13.2 Å². The molecule has 1 aromatic carbocycles. The van der Waals surface area contributed by atoms with Crippen LogP contribution in [0.1, 0.15) is 24.9 Å². The first-order chi connectivity index (χ1) is 8.65. The predicted molar refractivity (Wildman–Crippen MR) is 63.8 cm³/mol. The summed E-state index contributed by atoms with van der Waals surface area (Å²) in [5.74, 6) is -3.56. The molecular formula is C13H17F3N2. The zero-order chi connectivity index (χ0) is 13.1. The molecule has 0 radical (unpaired) electrons. The number of nitrogens with one attached hydrogen (secondary N) is 1. The summed E-state index contributed by atoms with van der Waals surface area (Å²) in [5, 5.41) is 3.21. The largest absolute Gasteiger partial charge is 0.314 e. The molecule has 0 saturated carbocycles. The van der Waals surface area contributed by atoms with Gasteiger partial charge in [-0.25, -0.2) is 13.2 Å². The first kappa shape index (κ1) is 13.4. The average molecular weight is 258 g/mol. The summed E-state index contributed by atoms with van der Waals surface area (Å²) in [7, 11) is 0. The summed E-state index contributed by atoms with van der Waals surface area (Å²) in [4.78, 5) is 2.10. The van der Waals surface area contributed by atoms with Crippen LogP contribution in [0.2, 0.25) is 0 Å². The Morgan fingerprint density at radius 1 is 1.17 bits per heavy atom. The molecule has 0 unspecified atom stereocenters. The molecule has 1 aliphatic heterocycles. The number of halogens is 3. The van der Waals surface area contributed by atoms with Gasteiger partial charge in [0.15, 0.2) is 17.5 Å². The Morgan fingerprint density at radius 2 is 1.83 bits per heavy atom. The van der Waals surface area contributed by atoms with E-state index in [0.29, 0.717) is 6.42 Å². The van der Waals surface area contributed by atoms with Gasteiger partial charge in [0.1, 0.15) is 0 Å². The van der Waals surface area contributed by atoms with Crippen molar-refractivity contribution in [3.8, 4) is 0 Å². The lowest BCUT2D eigenvalue weighted by Gasteiger charge is -2.34. The highest BCUT2D eigenvalue weighted by molar-refractivity contribution is 5.24. The minimum atomic E-state index is -1.37. The smallest absolute Gasteiger partial charge is 0.194 e. The van der Waals surface area contributed by atoms with Crippen LogP contribution in [0.5, 0.6) is 0 Å². The third kappa shape index (κ3) is 2.52. The Morgan fingerprint density at radius 3 is 2.44 bits per heavy atom. The molecule has 0 aliphatic carbocycles. The third-order valence-corrected chi connectivity index (χ3v) is 3.40. The molecule has 1 N–H and O–H groups in total. The molecule has 1 fully saturated rings. The van der Waals surface area contributed by atoms with E-state index in [1.807, 2.05) is 6.92 Å². The molecule has 0 spiro atoms. The van der Waals surface area contributed by atoms with Crippen molar-refractivity contribution in [2.24, 2.45) is 0 Å². The summed E-state index contributed by atoms with van der Waals surface area (Å²) in [6, 6.07) is 2.16. The second kappa shape index (κ2) is 5.71. The quantitative estimate of drug-likeness (QED) is 0.838. The SMILES string of the molecule is CC[C@@H](c1ccc(F)c(F)c1F)N1CCNCC1. The van der Waals surface area contributed by atoms with Crippen LogP contribution in [0.25, 0.3) is 0 Å². The number of hydrogen-bond acceptors (Lipinski definition) is 2. The highest BCUT2D eigenvalue weighted by Crippen LogP contribution is 2.28. The molecule has 1 aliphatic rings. The molecule has 2 rings (SSSR count). The lowest BCUT2D eigenvalue weighted by Crippen LogP contribution is -2.45. The standard InChI is InChI=1S/C13H17F3N2/c1-2-11(18-7-5-17-6-8-18)9-3-4-10(14)13(16)12(9)15/h3-4,11,17H,2,5-8H2,1H3/t11-/m0/s1. The molecule has 0 amide bonds. The van der Waals surface area contributed by atoms with Crippen molar-refractivity contribution >= 4 is 0 Å². The fourth-order valence-corrected chi connectivity index (χ4v) is 2.47. The zero-order valence-electron chi connectivity index (χ0n) is 10.3. The molecule has 1 saturated heterocycles. The van der Waals surface area contributed by atoms with Crippen molar-refractivity contribution in [2.45, 2.75) is 19.4 Å². The molecular weight excluding hydrogens is 241 g/mol. The van der Waals surface area contributed by atoms with Gasteiger partial charge in [-0.05, 0) is 12.5 Å². The maximum Gasteiger partial charge on any atom is 0.194 e. The summed E-state index contributed by atoms with van der Waals surface area (Å²) in [6.45, 7) is 5.17. The topological polar surface area (TPSA) is 15.3 Å². The first-order valence-corrected chi connectivity index (χ1v) is 6.23. The normalized spacial score (nSPS) is 18.9. The number of nitrogens with zero attached hydrogens (tertiary/aromatic N) is 1. The molecule has 100 valence electrons. The van der Waals surface area contributed by atoms with Crippen molar-refractivity contribution in [1.82, 2.24) is 10.2 Å². The van der Waals surface area contributed by atoms with Gasteiger partial charge >= 0.3 is 0 Å². The van der Waals surface area contributed by atoms with Gasteiger partial charge in [-0.2, -0.15) is 0 Å². The molecule has 18 heavy (non-hydrogen) atoms. The molecule has 5 heteroatoms. The Hall–Kier alpha value is -1.07. The summed E-state index contributed by atoms with van der Waals surface area (Å²) in [6.07, 6.45) is 0.669. The van der Waals surface area contributed by atoms with Crippen LogP contribution in [-0.2, 0) is 0 Å². The average Bonchev–Trinajstić information content (AvgIpc) is 2.41. The van der Waals surface area contributed by atoms with Gasteiger partial charge in [0.05, 0.1) is 0 Å². The van der Waals surface area contributed by atoms with E-state index < -0.39 is 17.5 Å². The second-order valence-corrected chi connectivity index (χ2v) is 4.47. The van der Waals surface area contributed by atoms with Crippen molar-refractivity contribution in [3.05, 3.63) is 35.1 Å². The van der Waals surface area contributed by atoms with Crippen LogP contribution < -0.4 is 5.32 Å². The monoisotopic (exact) mass is 258 g/mol. The molecule has 1 atom stereocenters. The van der Waals surface area contributed by atoms with E-state index >= 15 is 0 Å². The maximum atomic E-state index is 13.8. The second-order valence-electron chi connectivity index (χ2n) is 4.47. The lowest BCUT2D eigenvalue weighted by molar-refractivity contribution is 0.165. The van der Waals surface area contributed by atoms with Gasteiger partial charge in [-0.3, -0.25) is 4.90 Å². The van der Waals surface area contributed by atoms with Gasteiger partial charge in [0.2, 0.25) is 0 Å². The molecule has 2 nitrogen and oxygen atoms in total. The lowest BCUT2D eigenvalue weighted by atomic mass is 10.0. The first-order valence-electron chi connectivity index (χ1n) is 6.23. The van der Waals surface area contributed by atoms with Crippen molar-refractivity contribution in [3.63, 3.8) is 0 Å².